The van der Waals surface area contributed by atoms with Crippen molar-refractivity contribution in [3.8, 4) is 0 Å². The fourth-order valence-electron chi connectivity index (χ4n) is 1.63. The maximum atomic E-state index is 5.99. The predicted octanol–water partition coefficient (Wildman–Crippen LogP) is 1.70. The Balaban J connectivity index is 2.14. The van der Waals surface area contributed by atoms with Crippen molar-refractivity contribution in [3.63, 3.8) is 0 Å². The molecular formula is C13H18N6S. The third-order valence-electron chi connectivity index (χ3n) is 2.61. The Hall–Kier alpha value is -2.02. The van der Waals surface area contributed by atoms with E-state index in [2.05, 4.69) is 15.0 Å². The Kier molecular flexibility index (Phi) is 4.29. The van der Waals surface area contributed by atoms with Crippen LogP contribution in [0.5, 0.6) is 0 Å². The van der Waals surface area contributed by atoms with Gasteiger partial charge in [-0.15, -0.1) is 11.8 Å². The molecule has 1 aromatic heterocycles. The quantitative estimate of drug-likeness (QED) is 0.653. The molecule has 2 aromatic rings. The molecule has 20 heavy (non-hydrogen) atoms. The third-order valence-corrected chi connectivity index (χ3v) is 3.69. The molecule has 0 aliphatic carbocycles. The number of benzene rings is 1. The summed E-state index contributed by atoms with van der Waals surface area (Å²) in [5, 5.41) is 0. The molecule has 0 atom stereocenters. The van der Waals surface area contributed by atoms with E-state index in [1.54, 1.807) is 16.7 Å². The summed E-state index contributed by atoms with van der Waals surface area (Å²) in [4.78, 5) is 15.4. The van der Waals surface area contributed by atoms with Crippen molar-refractivity contribution >= 4 is 29.3 Å². The molecule has 0 radical (unpaired) electrons. The Morgan fingerprint density at radius 3 is 2.55 bits per heavy atom. The van der Waals surface area contributed by atoms with E-state index < -0.39 is 0 Å². The molecule has 1 heterocycles. The second-order valence-electron chi connectivity index (χ2n) is 4.63. The van der Waals surface area contributed by atoms with Crippen molar-refractivity contribution in [1.82, 2.24) is 15.0 Å². The summed E-state index contributed by atoms with van der Waals surface area (Å²) in [6.07, 6.45) is 0. The van der Waals surface area contributed by atoms with Crippen LogP contribution in [0.2, 0.25) is 0 Å². The zero-order chi connectivity index (χ0) is 14.7. The molecule has 6 nitrogen and oxygen atoms in total. The molecule has 0 saturated heterocycles. The van der Waals surface area contributed by atoms with E-state index in [0.29, 0.717) is 17.5 Å². The van der Waals surface area contributed by atoms with Gasteiger partial charge in [-0.05, 0) is 24.6 Å². The average Bonchev–Trinajstić information content (AvgIpc) is 2.37. The SMILES string of the molecule is Cc1ccc(SCc2nc(N)nc(N(C)C)n2)c(N)c1. The highest BCUT2D eigenvalue weighted by molar-refractivity contribution is 7.98. The van der Waals surface area contributed by atoms with Crippen molar-refractivity contribution in [2.45, 2.75) is 17.6 Å². The van der Waals surface area contributed by atoms with Gasteiger partial charge in [-0.1, -0.05) is 6.07 Å². The van der Waals surface area contributed by atoms with Gasteiger partial charge < -0.3 is 16.4 Å². The van der Waals surface area contributed by atoms with E-state index in [4.69, 9.17) is 11.5 Å². The van der Waals surface area contributed by atoms with Crippen LogP contribution < -0.4 is 16.4 Å². The van der Waals surface area contributed by atoms with E-state index in [1.807, 2.05) is 39.2 Å². The molecule has 0 aliphatic rings. The minimum Gasteiger partial charge on any atom is -0.398 e. The van der Waals surface area contributed by atoms with Gasteiger partial charge in [0, 0.05) is 24.7 Å². The van der Waals surface area contributed by atoms with Crippen LogP contribution in [0, 0.1) is 6.92 Å². The molecular weight excluding hydrogens is 272 g/mol. The summed E-state index contributed by atoms with van der Waals surface area (Å²) in [5.41, 5.74) is 13.6. The number of nitrogens with two attached hydrogens (primary N) is 2. The first kappa shape index (κ1) is 14.4. The zero-order valence-electron chi connectivity index (χ0n) is 11.8. The molecule has 0 amide bonds. The van der Waals surface area contributed by atoms with Crippen molar-refractivity contribution in [3.05, 3.63) is 29.6 Å². The van der Waals surface area contributed by atoms with Crippen molar-refractivity contribution in [1.29, 1.82) is 0 Å². The molecule has 106 valence electrons. The molecule has 7 heteroatoms. The van der Waals surface area contributed by atoms with Gasteiger partial charge in [0.1, 0.15) is 5.82 Å². The number of anilines is 3. The van der Waals surface area contributed by atoms with Gasteiger partial charge in [0.2, 0.25) is 11.9 Å². The number of aryl methyl sites for hydroxylation is 1. The maximum Gasteiger partial charge on any atom is 0.229 e. The van der Waals surface area contributed by atoms with Crippen LogP contribution >= 0.6 is 11.8 Å². The molecule has 0 aliphatic heterocycles. The van der Waals surface area contributed by atoms with E-state index in [1.165, 1.54) is 0 Å². The summed E-state index contributed by atoms with van der Waals surface area (Å²) >= 11 is 1.59. The predicted molar refractivity (Wildman–Crippen MR) is 83.7 cm³/mol. The molecule has 0 fully saturated rings. The largest absolute Gasteiger partial charge is 0.398 e. The second kappa shape index (κ2) is 5.96. The van der Waals surface area contributed by atoms with Crippen LogP contribution in [0.15, 0.2) is 23.1 Å². The van der Waals surface area contributed by atoms with Crippen molar-refractivity contribution in [2.75, 3.05) is 30.5 Å². The van der Waals surface area contributed by atoms with Crippen molar-refractivity contribution < 1.29 is 0 Å². The molecule has 0 spiro atoms. The lowest BCUT2D eigenvalue weighted by Gasteiger charge is -2.11. The number of aromatic nitrogens is 3. The normalized spacial score (nSPS) is 10.6. The maximum absolute atomic E-state index is 5.99. The first-order chi connectivity index (χ1) is 9.45. The topological polar surface area (TPSA) is 94.0 Å². The lowest BCUT2D eigenvalue weighted by molar-refractivity contribution is 0.919. The summed E-state index contributed by atoms with van der Waals surface area (Å²) in [7, 11) is 3.73. The molecule has 0 bridgehead atoms. The van der Waals surface area contributed by atoms with Crippen LogP contribution in [0.3, 0.4) is 0 Å². The van der Waals surface area contributed by atoms with Gasteiger partial charge in [0.05, 0.1) is 5.75 Å². The fraction of sp³-hybridized carbons (Fsp3) is 0.308. The number of nitrogens with zero attached hydrogens (tertiary/aromatic N) is 4. The average molecular weight is 290 g/mol. The van der Waals surface area contributed by atoms with Gasteiger partial charge >= 0.3 is 0 Å². The Labute approximate surface area is 122 Å². The van der Waals surface area contributed by atoms with E-state index >= 15 is 0 Å². The highest BCUT2D eigenvalue weighted by atomic mass is 32.2. The smallest absolute Gasteiger partial charge is 0.229 e. The number of hydrogen-bond donors (Lipinski definition) is 2. The summed E-state index contributed by atoms with van der Waals surface area (Å²) in [5.74, 6) is 2.04. The highest BCUT2D eigenvalue weighted by Gasteiger charge is 2.08. The van der Waals surface area contributed by atoms with Crippen LogP contribution in [0.1, 0.15) is 11.4 Å². The first-order valence-electron chi connectivity index (χ1n) is 6.12. The molecule has 1 aromatic carbocycles. The van der Waals surface area contributed by atoms with E-state index in [-0.39, 0.29) is 5.95 Å². The molecule has 0 unspecified atom stereocenters. The van der Waals surface area contributed by atoms with Gasteiger partial charge in [0.25, 0.3) is 0 Å². The Morgan fingerprint density at radius 2 is 1.90 bits per heavy atom. The van der Waals surface area contributed by atoms with Gasteiger partial charge in [-0.3, -0.25) is 0 Å². The standard InChI is InChI=1S/C13H18N6S/c1-8-4-5-10(9(14)6-8)20-7-11-16-12(15)18-13(17-11)19(2)3/h4-6H,7,14H2,1-3H3,(H2,15,16,17,18). The molecule has 4 N–H and O–H groups in total. The summed E-state index contributed by atoms with van der Waals surface area (Å²) in [6.45, 7) is 2.01. The van der Waals surface area contributed by atoms with Gasteiger partial charge in [-0.25, -0.2) is 0 Å². The third kappa shape index (κ3) is 3.51. The Morgan fingerprint density at radius 1 is 1.15 bits per heavy atom. The van der Waals surface area contributed by atoms with Crippen LogP contribution in [-0.4, -0.2) is 29.0 Å². The van der Waals surface area contributed by atoms with Crippen LogP contribution in [-0.2, 0) is 5.75 Å². The van der Waals surface area contributed by atoms with E-state index in [9.17, 15) is 0 Å². The number of hydrogen-bond acceptors (Lipinski definition) is 7. The summed E-state index contributed by atoms with van der Waals surface area (Å²) < 4.78 is 0. The van der Waals surface area contributed by atoms with E-state index in [0.717, 1.165) is 16.1 Å². The monoisotopic (exact) mass is 290 g/mol. The number of rotatable bonds is 4. The molecule has 0 saturated carbocycles. The number of thioether (sulfide) groups is 1. The zero-order valence-corrected chi connectivity index (χ0v) is 12.6. The lowest BCUT2D eigenvalue weighted by atomic mass is 10.2. The first-order valence-corrected chi connectivity index (χ1v) is 7.11. The fourth-order valence-corrected chi connectivity index (χ4v) is 2.43. The Bertz CT molecular complexity index is 614. The number of nitrogen functional groups attached to an aromatic ring is 2. The summed E-state index contributed by atoms with van der Waals surface area (Å²) in [6, 6.07) is 5.99. The van der Waals surface area contributed by atoms with Gasteiger partial charge in [0.15, 0.2) is 0 Å². The minimum atomic E-state index is 0.233. The highest BCUT2D eigenvalue weighted by Crippen LogP contribution is 2.28. The van der Waals surface area contributed by atoms with Gasteiger partial charge in [-0.2, -0.15) is 15.0 Å². The second-order valence-corrected chi connectivity index (χ2v) is 5.65. The van der Waals surface area contributed by atoms with Crippen LogP contribution in [0.4, 0.5) is 17.6 Å². The van der Waals surface area contributed by atoms with Crippen molar-refractivity contribution in [2.24, 2.45) is 0 Å². The van der Waals surface area contributed by atoms with Crippen LogP contribution in [0.25, 0.3) is 0 Å². The lowest BCUT2D eigenvalue weighted by Crippen LogP contribution is -2.15. The molecule has 2 rings (SSSR count). The minimum absolute atomic E-state index is 0.233.